The lowest BCUT2D eigenvalue weighted by Crippen LogP contribution is -2.21. The van der Waals surface area contributed by atoms with Crippen LogP contribution in [0.25, 0.3) is 0 Å². The van der Waals surface area contributed by atoms with E-state index in [-0.39, 0.29) is 5.78 Å². The first-order valence-electron chi connectivity index (χ1n) is 10.4. The van der Waals surface area contributed by atoms with Gasteiger partial charge in [0.1, 0.15) is 13.2 Å². The molecule has 0 saturated carbocycles. The first kappa shape index (κ1) is 18.7. The van der Waals surface area contributed by atoms with Gasteiger partial charge in [0.05, 0.1) is 0 Å². The SMILES string of the molecule is O=C(Cc1cnccc1N1CCC(c2ccccc2)C1)c1ccc2c(c1)OCCO2. The van der Waals surface area contributed by atoms with E-state index in [1.54, 1.807) is 6.07 Å². The number of rotatable bonds is 5. The summed E-state index contributed by atoms with van der Waals surface area (Å²) in [7, 11) is 0. The van der Waals surface area contributed by atoms with Crippen molar-refractivity contribution in [2.24, 2.45) is 0 Å². The molecule has 5 rings (SSSR count). The molecule has 1 aromatic heterocycles. The van der Waals surface area contributed by atoms with Crippen LogP contribution in [0.1, 0.15) is 33.8 Å². The number of hydrogen-bond acceptors (Lipinski definition) is 5. The number of carbonyl (C=O) groups excluding carboxylic acids is 1. The fourth-order valence-electron chi connectivity index (χ4n) is 4.33. The molecule has 5 nitrogen and oxygen atoms in total. The molecule has 0 amide bonds. The van der Waals surface area contributed by atoms with Crippen LogP contribution >= 0.6 is 0 Å². The van der Waals surface area contributed by atoms with Gasteiger partial charge in [0.2, 0.25) is 0 Å². The fourth-order valence-corrected chi connectivity index (χ4v) is 4.33. The predicted octanol–water partition coefficient (Wildman–Crippen LogP) is 4.27. The molecule has 0 bridgehead atoms. The van der Waals surface area contributed by atoms with Gasteiger partial charge in [-0.2, -0.15) is 0 Å². The highest BCUT2D eigenvalue weighted by atomic mass is 16.6. The number of aromatic nitrogens is 1. The van der Waals surface area contributed by atoms with Crippen molar-refractivity contribution in [1.82, 2.24) is 4.98 Å². The largest absolute Gasteiger partial charge is 0.486 e. The van der Waals surface area contributed by atoms with Gasteiger partial charge in [-0.25, -0.2) is 0 Å². The summed E-state index contributed by atoms with van der Waals surface area (Å²) in [4.78, 5) is 19.7. The van der Waals surface area contributed by atoms with Crippen LogP contribution in [-0.2, 0) is 6.42 Å². The van der Waals surface area contributed by atoms with Crippen LogP contribution in [0, 0.1) is 0 Å². The number of benzene rings is 2. The Bertz CT molecular complexity index is 1050. The summed E-state index contributed by atoms with van der Waals surface area (Å²) in [5.74, 6) is 1.91. The maximum absolute atomic E-state index is 13.0. The molecule has 0 radical (unpaired) electrons. The van der Waals surface area contributed by atoms with Crippen molar-refractivity contribution in [3.05, 3.63) is 83.7 Å². The Morgan fingerprint density at radius 2 is 1.87 bits per heavy atom. The van der Waals surface area contributed by atoms with E-state index in [0.717, 1.165) is 30.8 Å². The molecule has 2 aliphatic heterocycles. The first-order valence-corrected chi connectivity index (χ1v) is 10.4. The second-order valence-electron chi connectivity index (χ2n) is 7.81. The van der Waals surface area contributed by atoms with Gasteiger partial charge in [0.25, 0.3) is 0 Å². The van der Waals surface area contributed by atoms with Crippen LogP contribution in [0.5, 0.6) is 11.5 Å². The fraction of sp³-hybridized carbons (Fsp3) is 0.280. The number of anilines is 1. The van der Waals surface area contributed by atoms with Gasteiger partial charge in [-0.1, -0.05) is 30.3 Å². The number of ether oxygens (including phenoxy) is 2. The van der Waals surface area contributed by atoms with E-state index in [0.29, 0.717) is 42.6 Å². The summed E-state index contributed by atoms with van der Waals surface area (Å²) in [6.45, 7) is 2.99. The molecule has 1 saturated heterocycles. The van der Waals surface area contributed by atoms with Crippen molar-refractivity contribution in [1.29, 1.82) is 0 Å². The third kappa shape index (κ3) is 3.75. The second kappa shape index (κ2) is 8.19. The lowest BCUT2D eigenvalue weighted by atomic mass is 9.99. The number of fused-ring (bicyclic) bond motifs is 1. The minimum Gasteiger partial charge on any atom is -0.486 e. The molecule has 3 aromatic rings. The van der Waals surface area contributed by atoms with Gasteiger partial charge in [-0.3, -0.25) is 9.78 Å². The van der Waals surface area contributed by atoms with E-state index < -0.39 is 0 Å². The van der Waals surface area contributed by atoms with Crippen LogP contribution in [0.3, 0.4) is 0 Å². The molecule has 30 heavy (non-hydrogen) atoms. The highest BCUT2D eigenvalue weighted by Crippen LogP contribution is 2.34. The highest BCUT2D eigenvalue weighted by molar-refractivity contribution is 5.98. The lowest BCUT2D eigenvalue weighted by molar-refractivity contribution is 0.0991. The summed E-state index contributed by atoms with van der Waals surface area (Å²) in [6, 6.07) is 18.1. The number of pyridine rings is 1. The number of carbonyl (C=O) groups is 1. The molecule has 0 N–H and O–H groups in total. The molecule has 0 aliphatic carbocycles. The van der Waals surface area contributed by atoms with Gasteiger partial charge < -0.3 is 14.4 Å². The average Bonchev–Trinajstić information content (AvgIpc) is 3.30. The predicted molar refractivity (Wildman–Crippen MR) is 116 cm³/mol. The zero-order chi connectivity index (χ0) is 20.3. The van der Waals surface area contributed by atoms with Crippen LogP contribution in [0.15, 0.2) is 67.0 Å². The number of nitrogens with zero attached hydrogens (tertiary/aromatic N) is 2. The monoisotopic (exact) mass is 400 g/mol. The number of ketones is 1. The standard InChI is InChI=1S/C25H24N2O3/c28-23(19-6-7-24-25(15-19)30-13-12-29-24)14-21-16-26-10-8-22(21)27-11-9-20(17-27)18-4-2-1-3-5-18/h1-8,10,15-16,20H,9,11-14,17H2. The van der Waals surface area contributed by atoms with Gasteiger partial charge in [-0.15, -0.1) is 0 Å². The summed E-state index contributed by atoms with van der Waals surface area (Å²) in [5.41, 5.74) is 4.08. The Morgan fingerprint density at radius 3 is 2.73 bits per heavy atom. The third-order valence-corrected chi connectivity index (χ3v) is 5.89. The van der Waals surface area contributed by atoms with Crippen LogP contribution in [-0.4, -0.2) is 37.1 Å². The number of hydrogen-bond donors (Lipinski definition) is 0. The Hall–Kier alpha value is -3.34. The normalized spacial score (nSPS) is 17.7. The molecule has 1 fully saturated rings. The molecule has 152 valence electrons. The Morgan fingerprint density at radius 1 is 1.03 bits per heavy atom. The van der Waals surface area contributed by atoms with Gasteiger partial charge in [-0.05, 0) is 36.2 Å². The van der Waals surface area contributed by atoms with Crippen molar-refractivity contribution >= 4 is 11.5 Å². The summed E-state index contributed by atoms with van der Waals surface area (Å²) in [6.07, 6.45) is 5.06. The molecule has 1 atom stereocenters. The molecular weight excluding hydrogens is 376 g/mol. The summed E-state index contributed by atoms with van der Waals surface area (Å²) >= 11 is 0. The Balaban J connectivity index is 1.33. The molecular formula is C25H24N2O3. The third-order valence-electron chi connectivity index (χ3n) is 5.89. The van der Waals surface area contributed by atoms with Crippen molar-refractivity contribution < 1.29 is 14.3 Å². The summed E-state index contributed by atoms with van der Waals surface area (Å²) < 4.78 is 11.2. The van der Waals surface area contributed by atoms with Gasteiger partial charge in [0.15, 0.2) is 17.3 Å². The van der Waals surface area contributed by atoms with E-state index >= 15 is 0 Å². The van der Waals surface area contributed by atoms with Crippen molar-refractivity contribution in [2.45, 2.75) is 18.8 Å². The van der Waals surface area contributed by atoms with E-state index in [9.17, 15) is 4.79 Å². The lowest BCUT2D eigenvalue weighted by Gasteiger charge is -2.22. The smallest absolute Gasteiger partial charge is 0.167 e. The average molecular weight is 400 g/mol. The zero-order valence-electron chi connectivity index (χ0n) is 16.8. The minimum absolute atomic E-state index is 0.0556. The van der Waals surface area contributed by atoms with Crippen LogP contribution < -0.4 is 14.4 Å². The minimum atomic E-state index is 0.0556. The van der Waals surface area contributed by atoms with E-state index in [2.05, 4.69) is 40.2 Å². The quantitative estimate of drug-likeness (QED) is 0.599. The van der Waals surface area contributed by atoms with Crippen molar-refractivity contribution in [2.75, 3.05) is 31.2 Å². The van der Waals surface area contributed by atoms with E-state index in [4.69, 9.17) is 9.47 Å². The molecule has 3 heterocycles. The maximum Gasteiger partial charge on any atom is 0.167 e. The van der Waals surface area contributed by atoms with Crippen LogP contribution in [0.2, 0.25) is 0 Å². The topological polar surface area (TPSA) is 51.7 Å². The molecule has 2 aromatic carbocycles. The molecule has 5 heteroatoms. The number of Topliss-reactive ketones (excluding diaryl/α,β-unsaturated/α-hetero) is 1. The van der Waals surface area contributed by atoms with Crippen molar-refractivity contribution in [3.63, 3.8) is 0 Å². The van der Waals surface area contributed by atoms with Crippen molar-refractivity contribution in [3.8, 4) is 11.5 Å². The maximum atomic E-state index is 13.0. The Kier molecular flexibility index (Phi) is 5.10. The molecule has 0 spiro atoms. The second-order valence-corrected chi connectivity index (χ2v) is 7.81. The van der Waals surface area contributed by atoms with E-state index in [1.165, 1.54) is 5.56 Å². The Labute approximate surface area is 176 Å². The highest BCUT2D eigenvalue weighted by Gasteiger charge is 2.26. The van der Waals surface area contributed by atoms with Crippen LogP contribution in [0.4, 0.5) is 5.69 Å². The van der Waals surface area contributed by atoms with E-state index in [1.807, 2.05) is 30.6 Å². The zero-order valence-corrected chi connectivity index (χ0v) is 16.8. The molecule has 1 unspecified atom stereocenters. The van der Waals surface area contributed by atoms with Gasteiger partial charge >= 0.3 is 0 Å². The first-order chi connectivity index (χ1) is 14.8. The van der Waals surface area contributed by atoms with Gasteiger partial charge in [0, 0.05) is 54.6 Å². The summed E-state index contributed by atoms with van der Waals surface area (Å²) in [5, 5.41) is 0. The molecule has 2 aliphatic rings.